The van der Waals surface area contributed by atoms with E-state index >= 15 is 0 Å². The highest BCUT2D eigenvalue weighted by Gasteiger charge is 2.24. The number of ether oxygens (including phenoxy) is 1. The van der Waals surface area contributed by atoms with Crippen LogP contribution in [0.2, 0.25) is 0 Å². The lowest BCUT2D eigenvalue weighted by Crippen LogP contribution is -2.43. The zero-order chi connectivity index (χ0) is 22.2. The molecule has 164 valence electrons. The predicted molar refractivity (Wildman–Crippen MR) is 116 cm³/mol. The minimum absolute atomic E-state index is 0.117. The number of carbonyl (C=O) groups is 2. The maximum absolute atomic E-state index is 13.3. The number of hydrogen-bond acceptors (Lipinski definition) is 5. The molecule has 0 saturated carbocycles. The van der Waals surface area contributed by atoms with Gasteiger partial charge in [-0.25, -0.2) is 4.39 Å². The molecule has 3 rings (SSSR count). The second-order valence-corrected chi connectivity index (χ2v) is 8.10. The van der Waals surface area contributed by atoms with Crippen molar-refractivity contribution in [2.45, 2.75) is 20.0 Å². The maximum Gasteiger partial charge on any atom is 0.290 e. The fourth-order valence-electron chi connectivity index (χ4n) is 3.06. The number of furan rings is 1. The van der Waals surface area contributed by atoms with E-state index in [0.717, 1.165) is 16.0 Å². The zero-order valence-electron chi connectivity index (χ0n) is 17.5. The molecule has 0 atom stereocenters. The van der Waals surface area contributed by atoms with Gasteiger partial charge < -0.3 is 19.0 Å². The number of rotatable bonds is 10. The van der Waals surface area contributed by atoms with E-state index in [-0.39, 0.29) is 36.5 Å². The van der Waals surface area contributed by atoms with Gasteiger partial charge in [0.05, 0.1) is 19.4 Å². The zero-order valence-corrected chi connectivity index (χ0v) is 18.4. The van der Waals surface area contributed by atoms with Crippen LogP contribution in [0.4, 0.5) is 4.39 Å². The third kappa shape index (κ3) is 6.26. The molecule has 0 aliphatic carbocycles. The van der Waals surface area contributed by atoms with Crippen molar-refractivity contribution in [2.24, 2.45) is 0 Å². The first kappa shape index (κ1) is 22.7. The molecule has 31 heavy (non-hydrogen) atoms. The van der Waals surface area contributed by atoms with Crippen LogP contribution < -0.4 is 0 Å². The highest BCUT2D eigenvalue weighted by atomic mass is 32.1. The van der Waals surface area contributed by atoms with E-state index in [1.54, 1.807) is 40.5 Å². The van der Waals surface area contributed by atoms with Gasteiger partial charge >= 0.3 is 0 Å². The molecular weight excluding hydrogens is 419 g/mol. The van der Waals surface area contributed by atoms with Crippen molar-refractivity contribution in [3.8, 4) is 0 Å². The Balaban J connectivity index is 1.79. The molecule has 2 aromatic heterocycles. The largest absolute Gasteiger partial charge is 0.459 e. The molecule has 0 unspecified atom stereocenters. The number of nitrogens with zero attached hydrogens (tertiary/aromatic N) is 2. The molecule has 2 amide bonds. The van der Waals surface area contributed by atoms with E-state index in [2.05, 4.69) is 0 Å². The summed E-state index contributed by atoms with van der Waals surface area (Å²) >= 11 is 1.58. The molecule has 0 N–H and O–H groups in total. The van der Waals surface area contributed by atoms with Crippen molar-refractivity contribution in [1.29, 1.82) is 0 Å². The highest BCUT2D eigenvalue weighted by molar-refractivity contribution is 7.10. The predicted octanol–water partition coefficient (Wildman–Crippen LogP) is 4.11. The molecule has 2 heterocycles. The second-order valence-electron chi connectivity index (χ2n) is 7.10. The summed E-state index contributed by atoms with van der Waals surface area (Å²) < 4.78 is 23.6. The van der Waals surface area contributed by atoms with E-state index in [9.17, 15) is 14.0 Å². The van der Waals surface area contributed by atoms with Gasteiger partial charge in [0.25, 0.3) is 5.91 Å². The van der Waals surface area contributed by atoms with Gasteiger partial charge in [0.2, 0.25) is 5.91 Å². The summed E-state index contributed by atoms with van der Waals surface area (Å²) in [6, 6.07) is 11.3. The molecule has 0 aliphatic heterocycles. The van der Waals surface area contributed by atoms with Crippen LogP contribution in [0.3, 0.4) is 0 Å². The summed E-state index contributed by atoms with van der Waals surface area (Å²) in [6.45, 7) is 3.15. The summed E-state index contributed by atoms with van der Waals surface area (Å²) in [5.74, 6) is -0.744. The quantitative estimate of drug-likeness (QED) is 0.472. The Kier molecular flexibility index (Phi) is 7.97. The molecule has 0 fully saturated rings. The molecule has 0 saturated heterocycles. The number of amides is 2. The molecule has 6 nitrogen and oxygen atoms in total. The summed E-state index contributed by atoms with van der Waals surface area (Å²) in [7, 11) is 1.54. The topological polar surface area (TPSA) is 63.0 Å². The molecule has 1 aromatic carbocycles. The Morgan fingerprint density at radius 1 is 1.10 bits per heavy atom. The van der Waals surface area contributed by atoms with Crippen molar-refractivity contribution in [3.63, 3.8) is 0 Å². The van der Waals surface area contributed by atoms with Crippen LogP contribution in [0.5, 0.6) is 0 Å². The first-order valence-electron chi connectivity index (χ1n) is 9.85. The van der Waals surface area contributed by atoms with Gasteiger partial charge in [-0.05, 0) is 53.8 Å². The Morgan fingerprint density at radius 3 is 2.48 bits per heavy atom. The van der Waals surface area contributed by atoms with E-state index in [1.807, 2.05) is 18.4 Å². The van der Waals surface area contributed by atoms with Crippen molar-refractivity contribution in [3.05, 3.63) is 81.7 Å². The minimum Gasteiger partial charge on any atom is -0.459 e. The van der Waals surface area contributed by atoms with Gasteiger partial charge in [0.1, 0.15) is 12.4 Å². The average Bonchev–Trinajstić information content (AvgIpc) is 3.44. The Labute approximate surface area is 184 Å². The van der Waals surface area contributed by atoms with Crippen LogP contribution in [0, 0.1) is 12.7 Å². The normalized spacial score (nSPS) is 10.8. The number of halogens is 1. The third-order valence-corrected chi connectivity index (χ3v) is 5.86. The van der Waals surface area contributed by atoms with Crippen molar-refractivity contribution in [1.82, 2.24) is 9.80 Å². The first-order chi connectivity index (χ1) is 15.0. The van der Waals surface area contributed by atoms with E-state index in [0.29, 0.717) is 19.7 Å². The van der Waals surface area contributed by atoms with Crippen LogP contribution in [-0.2, 0) is 22.6 Å². The van der Waals surface area contributed by atoms with Gasteiger partial charge in [-0.3, -0.25) is 9.59 Å². The van der Waals surface area contributed by atoms with Gasteiger partial charge in [-0.15, -0.1) is 11.3 Å². The number of thiophene rings is 1. The molecular formula is C23H25FN2O4S. The molecule has 3 aromatic rings. The lowest BCUT2D eigenvalue weighted by molar-refractivity contribution is -0.133. The second kappa shape index (κ2) is 10.9. The highest BCUT2D eigenvalue weighted by Crippen LogP contribution is 2.20. The van der Waals surface area contributed by atoms with E-state index < -0.39 is 0 Å². The Bertz CT molecular complexity index is 985. The fourth-order valence-corrected chi connectivity index (χ4v) is 3.98. The summed E-state index contributed by atoms with van der Waals surface area (Å²) in [4.78, 5) is 30.3. The third-order valence-electron chi connectivity index (χ3n) is 4.85. The van der Waals surface area contributed by atoms with Crippen molar-refractivity contribution < 1.29 is 23.1 Å². The van der Waals surface area contributed by atoms with Crippen LogP contribution >= 0.6 is 11.3 Å². The molecule has 0 aliphatic rings. The molecule has 0 spiro atoms. The van der Waals surface area contributed by atoms with E-state index in [1.165, 1.54) is 30.4 Å². The van der Waals surface area contributed by atoms with Crippen LogP contribution in [0.15, 0.2) is 58.5 Å². The molecule has 0 radical (unpaired) electrons. The SMILES string of the molecule is COCCN(CC(=O)N(Cc1ccc(F)cc1)Cc1sccc1C)C(=O)c1ccco1. The maximum atomic E-state index is 13.3. The Morgan fingerprint density at radius 2 is 1.87 bits per heavy atom. The van der Waals surface area contributed by atoms with Crippen LogP contribution in [-0.4, -0.2) is 48.4 Å². The number of methoxy groups -OCH3 is 1. The lowest BCUT2D eigenvalue weighted by atomic mass is 10.2. The number of carbonyl (C=O) groups excluding carboxylic acids is 2. The van der Waals surface area contributed by atoms with Crippen molar-refractivity contribution >= 4 is 23.2 Å². The monoisotopic (exact) mass is 444 g/mol. The van der Waals surface area contributed by atoms with Crippen molar-refractivity contribution in [2.75, 3.05) is 26.8 Å². The first-order valence-corrected chi connectivity index (χ1v) is 10.7. The van der Waals surface area contributed by atoms with E-state index in [4.69, 9.17) is 9.15 Å². The van der Waals surface area contributed by atoms with Gasteiger partial charge in [0, 0.05) is 25.1 Å². The van der Waals surface area contributed by atoms with Crippen LogP contribution in [0.25, 0.3) is 0 Å². The Hall–Kier alpha value is -2.97. The average molecular weight is 445 g/mol. The molecule has 0 bridgehead atoms. The lowest BCUT2D eigenvalue weighted by Gasteiger charge is -2.27. The fraction of sp³-hybridized carbons (Fsp3) is 0.304. The smallest absolute Gasteiger partial charge is 0.290 e. The van der Waals surface area contributed by atoms with Gasteiger partial charge in [0.15, 0.2) is 5.76 Å². The summed E-state index contributed by atoms with van der Waals surface area (Å²) in [5, 5.41) is 1.98. The summed E-state index contributed by atoms with van der Waals surface area (Å²) in [6.07, 6.45) is 1.42. The molecule has 8 heteroatoms. The van der Waals surface area contributed by atoms with Gasteiger partial charge in [-0.2, -0.15) is 0 Å². The number of benzene rings is 1. The number of hydrogen-bond donors (Lipinski definition) is 0. The minimum atomic E-state index is -0.371. The van der Waals surface area contributed by atoms with Crippen LogP contribution in [0.1, 0.15) is 26.6 Å². The number of aryl methyl sites for hydroxylation is 1. The standard InChI is InChI=1S/C23H25FN2O4S/c1-17-9-13-31-21(17)15-26(14-18-5-7-19(24)8-6-18)22(27)16-25(10-12-29-2)23(28)20-4-3-11-30-20/h3-9,11,13H,10,12,14-16H2,1-2H3. The summed E-state index contributed by atoms with van der Waals surface area (Å²) in [5.41, 5.74) is 1.91. The van der Waals surface area contributed by atoms with Gasteiger partial charge in [-0.1, -0.05) is 12.1 Å².